The Morgan fingerprint density at radius 2 is 2.08 bits per heavy atom. The molecule has 0 aliphatic carbocycles. The maximum absolute atomic E-state index is 10.3. The monoisotopic (exact) mass is 290 g/mol. The normalized spacial score (nSPS) is 9.92. The molecule has 0 spiro atoms. The largest absolute Gasteiger partial charge is 0.481 e. The highest BCUT2D eigenvalue weighted by molar-refractivity contribution is 14.1. The van der Waals surface area contributed by atoms with E-state index in [9.17, 15) is 4.79 Å². The van der Waals surface area contributed by atoms with Gasteiger partial charge in [0.1, 0.15) is 0 Å². The highest BCUT2D eigenvalue weighted by atomic mass is 127. The molecule has 1 aromatic carbocycles. The zero-order valence-electron chi connectivity index (χ0n) is 7.16. The molecule has 13 heavy (non-hydrogen) atoms. The highest BCUT2D eigenvalue weighted by Crippen LogP contribution is 2.10. The van der Waals surface area contributed by atoms with Crippen molar-refractivity contribution in [3.63, 3.8) is 0 Å². The van der Waals surface area contributed by atoms with E-state index in [0.717, 1.165) is 9.99 Å². The molecule has 1 N–H and O–H groups in total. The van der Waals surface area contributed by atoms with Crippen molar-refractivity contribution in [3.05, 3.63) is 35.4 Å². The first-order valence-electron chi connectivity index (χ1n) is 4.08. The Hall–Kier alpha value is -0.580. The minimum Gasteiger partial charge on any atom is -0.481 e. The Morgan fingerprint density at radius 1 is 1.38 bits per heavy atom. The quantitative estimate of drug-likeness (QED) is 0.683. The van der Waals surface area contributed by atoms with Crippen LogP contribution in [0.2, 0.25) is 0 Å². The van der Waals surface area contributed by atoms with Gasteiger partial charge >= 0.3 is 5.97 Å². The molecular formula is C10H11IO2. The number of carbonyl (C=O) groups is 1. The first-order chi connectivity index (χ1) is 6.22. The van der Waals surface area contributed by atoms with Crippen molar-refractivity contribution in [2.45, 2.75) is 17.3 Å². The van der Waals surface area contributed by atoms with E-state index in [-0.39, 0.29) is 6.42 Å². The molecular weight excluding hydrogens is 279 g/mol. The van der Waals surface area contributed by atoms with Gasteiger partial charge in [-0.2, -0.15) is 0 Å². The molecule has 0 saturated carbocycles. The van der Waals surface area contributed by atoms with Gasteiger partial charge in [0, 0.05) is 10.8 Å². The summed E-state index contributed by atoms with van der Waals surface area (Å²) in [7, 11) is 0. The SMILES string of the molecule is O=C(O)CCc1cccc(CI)c1. The van der Waals surface area contributed by atoms with Gasteiger partial charge in [-0.1, -0.05) is 46.9 Å². The van der Waals surface area contributed by atoms with Gasteiger partial charge in [-0.25, -0.2) is 0 Å². The fourth-order valence-electron chi connectivity index (χ4n) is 1.12. The molecule has 1 rings (SSSR count). The van der Waals surface area contributed by atoms with Crippen molar-refractivity contribution in [2.24, 2.45) is 0 Å². The van der Waals surface area contributed by atoms with E-state index in [1.807, 2.05) is 12.1 Å². The number of rotatable bonds is 4. The summed E-state index contributed by atoms with van der Waals surface area (Å²) in [6.07, 6.45) is 0.838. The van der Waals surface area contributed by atoms with Gasteiger partial charge in [0.25, 0.3) is 0 Å². The molecule has 3 heteroatoms. The number of carboxylic acid groups (broad SMARTS) is 1. The van der Waals surface area contributed by atoms with E-state index < -0.39 is 5.97 Å². The summed E-state index contributed by atoms with van der Waals surface area (Å²) in [5.74, 6) is -0.736. The fourth-order valence-corrected chi connectivity index (χ4v) is 1.59. The summed E-state index contributed by atoms with van der Waals surface area (Å²) in [5, 5.41) is 8.50. The molecule has 2 nitrogen and oxygen atoms in total. The number of hydrogen-bond acceptors (Lipinski definition) is 1. The molecule has 0 radical (unpaired) electrons. The molecule has 0 fully saturated rings. The van der Waals surface area contributed by atoms with E-state index >= 15 is 0 Å². The van der Waals surface area contributed by atoms with Crippen LogP contribution in [0.25, 0.3) is 0 Å². The first-order valence-corrected chi connectivity index (χ1v) is 5.60. The summed E-state index contributed by atoms with van der Waals surface area (Å²) in [6.45, 7) is 0. The number of aryl methyl sites for hydroxylation is 1. The van der Waals surface area contributed by atoms with Gasteiger partial charge in [0.15, 0.2) is 0 Å². The van der Waals surface area contributed by atoms with E-state index in [1.54, 1.807) is 0 Å². The van der Waals surface area contributed by atoms with E-state index in [2.05, 4.69) is 34.7 Å². The van der Waals surface area contributed by atoms with Crippen LogP contribution < -0.4 is 0 Å². The third kappa shape index (κ3) is 3.76. The van der Waals surface area contributed by atoms with Gasteiger partial charge < -0.3 is 5.11 Å². The van der Waals surface area contributed by atoms with E-state index in [4.69, 9.17) is 5.11 Å². The molecule has 0 unspecified atom stereocenters. The third-order valence-electron chi connectivity index (χ3n) is 1.77. The predicted molar refractivity (Wildman–Crippen MR) is 60.1 cm³/mol. The Bertz CT molecular complexity index is 297. The maximum Gasteiger partial charge on any atom is 0.303 e. The maximum atomic E-state index is 10.3. The molecule has 0 amide bonds. The second-order valence-corrected chi connectivity index (χ2v) is 3.61. The first kappa shape index (κ1) is 10.5. The van der Waals surface area contributed by atoms with Crippen LogP contribution in [0, 0.1) is 0 Å². The van der Waals surface area contributed by atoms with Crippen molar-refractivity contribution < 1.29 is 9.90 Å². The molecule has 0 atom stereocenters. The average molecular weight is 290 g/mol. The van der Waals surface area contributed by atoms with Crippen molar-refractivity contribution in [1.29, 1.82) is 0 Å². The minimum atomic E-state index is -0.736. The summed E-state index contributed by atoms with van der Waals surface area (Å²) in [4.78, 5) is 10.3. The van der Waals surface area contributed by atoms with Gasteiger partial charge in [0.05, 0.1) is 0 Å². The Balaban J connectivity index is 2.61. The topological polar surface area (TPSA) is 37.3 Å². The lowest BCUT2D eigenvalue weighted by Gasteiger charge is -2.00. The van der Waals surface area contributed by atoms with Crippen LogP contribution in [0.3, 0.4) is 0 Å². The highest BCUT2D eigenvalue weighted by Gasteiger charge is 1.99. The van der Waals surface area contributed by atoms with Crippen LogP contribution >= 0.6 is 22.6 Å². The third-order valence-corrected chi connectivity index (χ3v) is 2.65. The molecule has 0 heterocycles. The standard InChI is InChI=1S/C10H11IO2/c11-7-9-3-1-2-8(6-9)4-5-10(12)13/h1-3,6H,4-5,7H2,(H,12,13). The lowest BCUT2D eigenvalue weighted by Crippen LogP contribution is -1.97. The molecule has 1 aromatic rings. The molecule has 0 aliphatic rings. The number of alkyl halides is 1. The summed E-state index contributed by atoms with van der Waals surface area (Å²) >= 11 is 2.30. The second-order valence-electron chi connectivity index (χ2n) is 2.85. The minimum absolute atomic E-state index is 0.213. The Morgan fingerprint density at radius 3 is 2.69 bits per heavy atom. The number of carboxylic acids is 1. The van der Waals surface area contributed by atoms with E-state index in [0.29, 0.717) is 6.42 Å². The smallest absolute Gasteiger partial charge is 0.303 e. The zero-order valence-corrected chi connectivity index (χ0v) is 9.32. The van der Waals surface area contributed by atoms with Crippen LogP contribution in [-0.2, 0) is 15.6 Å². The van der Waals surface area contributed by atoms with E-state index in [1.165, 1.54) is 5.56 Å². The van der Waals surface area contributed by atoms with Gasteiger partial charge in [-0.3, -0.25) is 4.79 Å². The van der Waals surface area contributed by atoms with Crippen LogP contribution in [0.5, 0.6) is 0 Å². The Kier molecular flexibility index (Phi) is 4.21. The lowest BCUT2D eigenvalue weighted by molar-refractivity contribution is -0.136. The number of halogens is 1. The summed E-state index contributed by atoms with van der Waals surface area (Å²) < 4.78 is 0.971. The van der Waals surface area contributed by atoms with Gasteiger partial charge in [0.2, 0.25) is 0 Å². The van der Waals surface area contributed by atoms with Gasteiger partial charge in [-0.15, -0.1) is 0 Å². The van der Waals surface area contributed by atoms with Crippen LogP contribution in [0.15, 0.2) is 24.3 Å². The number of benzene rings is 1. The van der Waals surface area contributed by atoms with Gasteiger partial charge in [-0.05, 0) is 17.5 Å². The van der Waals surface area contributed by atoms with Crippen molar-refractivity contribution in [3.8, 4) is 0 Å². The number of aliphatic carboxylic acids is 1. The predicted octanol–water partition coefficient (Wildman–Crippen LogP) is 2.64. The van der Waals surface area contributed by atoms with Crippen molar-refractivity contribution in [2.75, 3.05) is 0 Å². The molecule has 0 aliphatic heterocycles. The van der Waals surface area contributed by atoms with Crippen LogP contribution in [0.1, 0.15) is 17.5 Å². The van der Waals surface area contributed by atoms with Crippen molar-refractivity contribution in [1.82, 2.24) is 0 Å². The van der Waals surface area contributed by atoms with Crippen LogP contribution in [-0.4, -0.2) is 11.1 Å². The molecule has 0 aromatic heterocycles. The number of hydrogen-bond donors (Lipinski definition) is 1. The summed E-state index contributed by atoms with van der Waals surface area (Å²) in [5.41, 5.74) is 2.36. The lowest BCUT2D eigenvalue weighted by atomic mass is 10.1. The Labute approximate surface area is 91.1 Å². The summed E-state index contributed by atoms with van der Waals surface area (Å²) in [6, 6.07) is 8.07. The van der Waals surface area contributed by atoms with Crippen molar-refractivity contribution >= 4 is 28.6 Å². The molecule has 70 valence electrons. The molecule has 0 bridgehead atoms. The second kappa shape index (κ2) is 5.21. The zero-order chi connectivity index (χ0) is 9.68. The molecule has 0 saturated heterocycles. The average Bonchev–Trinajstić information content (AvgIpc) is 2.15. The fraction of sp³-hybridized carbons (Fsp3) is 0.300. The van der Waals surface area contributed by atoms with Crippen LogP contribution in [0.4, 0.5) is 0 Å².